The molecule has 0 heterocycles. The Morgan fingerprint density at radius 3 is 2.58 bits per heavy atom. The number of unbranched alkanes of at least 4 members (excludes halogenated alkanes) is 3. The number of nitrogens with one attached hydrogen (secondary N) is 1. The minimum Gasteiger partial charge on any atom is -0.465 e. The Morgan fingerprint density at radius 2 is 1.89 bits per heavy atom. The van der Waals surface area contributed by atoms with Crippen LogP contribution in [0.4, 0.5) is 5.69 Å². The van der Waals surface area contributed by atoms with Crippen LogP contribution in [0.3, 0.4) is 0 Å². The first-order valence-corrected chi connectivity index (χ1v) is 6.66. The number of benzene rings is 1. The van der Waals surface area contributed by atoms with Gasteiger partial charge in [0, 0.05) is 6.42 Å². The number of para-hydroxylation sites is 1. The summed E-state index contributed by atoms with van der Waals surface area (Å²) in [6.45, 7) is 2.13. The van der Waals surface area contributed by atoms with Crippen LogP contribution in [0.5, 0.6) is 0 Å². The molecule has 0 aliphatic carbocycles. The maximum absolute atomic E-state index is 11.8. The summed E-state index contributed by atoms with van der Waals surface area (Å²) in [5, 5.41) is 2.76. The molecule has 104 valence electrons. The van der Waals surface area contributed by atoms with Crippen molar-refractivity contribution in [2.75, 3.05) is 12.4 Å². The van der Waals surface area contributed by atoms with E-state index in [2.05, 4.69) is 17.0 Å². The average Bonchev–Trinajstić information content (AvgIpc) is 2.43. The summed E-state index contributed by atoms with van der Waals surface area (Å²) in [6, 6.07) is 6.86. The Bertz CT molecular complexity index is 429. The van der Waals surface area contributed by atoms with E-state index < -0.39 is 5.97 Å². The number of rotatable bonds is 7. The lowest BCUT2D eigenvalue weighted by Gasteiger charge is -2.09. The molecule has 4 heteroatoms. The Labute approximate surface area is 114 Å². The van der Waals surface area contributed by atoms with Gasteiger partial charge in [-0.05, 0) is 18.6 Å². The van der Waals surface area contributed by atoms with E-state index >= 15 is 0 Å². The smallest absolute Gasteiger partial charge is 0.339 e. The standard InChI is InChI=1S/C15H21NO3/c1-3-4-5-6-11-14(17)16-13-10-8-7-9-12(13)15(18)19-2/h7-10H,3-6,11H2,1-2H3,(H,16,17). The van der Waals surface area contributed by atoms with Crippen LogP contribution in [-0.4, -0.2) is 19.0 Å². The van der Waals surface area contributed by atoms with E-state index in [1.807, 2.05) is 0 Å². The van der Waals surface area contributed by atoms with Crippen LogP contribution in [0.25, 0.3) is 0 Å². The number of hydrogen-bond acceptors (Lipinski definition) is 3. The largest absolute Gasteiger partial charge is 0.465 e. The summed E-state index contributed by atoms with van der Waals surface area (Å²) < 4.78 is 4.68. The first kappa shape index (κ1) is 15.2. The normalized spacial score (nSPS) is 10.0. The highest BCUT2D eigenvalue weighted by Crippen LogP contribution is 2.16. The van der Waals surface area contributed by atoms with E-state index in [1.54, 1.807) is 24.3 Å². The molecule has 1 amide bonds. The zero-order valence-corrected chi connectivity index (χ0v) is 11.6. The minimum absolute atomic E-state index is 0.0625. The topological polar surface area (TPSA) is 55.4 Å². The first-order chi connectivity index (χ1) is 9.19. The number of ether oxygens (including phenoxy) is 1. The molecule has 0 fully saturated rings. The molecule has 0 spiro atoms. The Morgan fingerprint density at radius 1 is 1.16 bits per heavy atom. The van der Waals surface area contributed by atoms with E-state index in [1.165, 1.54) is 7.11 Å². The summed E-state index contributed by atoms with van der Waals surface area (Å²) in [4.78, 5) is 23.3. The molecule has 1 N–H and O–H groups in total. The van der Waals surface area contributed by atoms with Crippen molar-refractivity contribution in [3.05, 3.63) is 29.8 Å². The molecule has 0 saturated carbocycles. The SMILES string of the molecule is CCCCCCC(=O)Nc1ccccc1C(=O)OC. The summed E-state index contributed by atoms with van der Waals surface area (Å²) in [5.74, 6) is -0.505. The highest BCUT2D eigenvalue weighted by Gasteiger charge is 2.12. The van der Waals surface area contributed by atoms with Gasteiger partial charge in [0.1, 0.15) is 0 Å². The van der Waals surface area contributed by atoms with Gasteiger partial charge in [0.05, 0.1) is 18.4 Å². The van der Waals surface area contributed by atoms with Gasteiger partial charge in [-0.25, -0.2) is 4.79 Å². The van der Waals surface area contributed by atoms with Gasteiger partial charge < -0.3 is 10.1 Å². The molecule has 0 aliphatic heterocycles. The molecule has 0 bridgehead atoms. The summed E-state index contributed by atoms with van der Waals surface area (Å²) in [7, 11) is 1.33. The number of amides is 1. The quantitative estimate of drug-likeness (QED) is 0.606. The van der Waals surface area contributed by atoms with E-state index in [4.69, 9.17) is 0 Å². The van der Waals surface area contributed by atoms with Crippen molar-refractivity contribution in [3.8, 4) is 0 Å². The van der Waals surface area contributed by atoms with Crippen LogP contribution in [-0.2, 0) is 9.53 Å². The second-order valence-corrected chi connectivity index (χ2v) is 4.40. The predicted molar refractivity (Wildman–Crippen MR) is 75.2 cm³/mol. The van der Waals surface area contributed by atoms with Crippen LogP contribution in [0.15, 0.2) is 24.3 Å². The van der Waals surface area contributed by atoms with Crippen LogP contribution in [0, 0.1) is 0 Å². The maximum Gasteiger partial charge on any atom is 0.339 e. The van der Waals surface area contributed by atoms with Crippen molar-refractivity contribution in [2.45, 2.75) is 39.0 Å². The molecule has 1 rings (SSSR count). The third-order valence-electron chi connectivity index (χ3n) is 2.86. The number of anilines is 1. The Hall–Kier alpha value is -1.84. The first-order valence-electron chi connectivity index (χ1n) is 6.66. The Balaban J connectivity index is 2.56. The molecule has 0 atom stereocenters. The van der Waals surface area contributed by atoms with Crippen molar-refractivity contribution >= 4 is 17.6 Å². The Kier molecular flexibility index (Phi) is 6.64. The second-order valence-electron chi connectivity index (χ2n) is 4.40. The van der Waals surface area contributed by atoms with Gasteiger partial charge >= 0.3 is 5.97 Å². The highest BCUT2D eigenvalue weighted by molar-refractivity contribution is 6.01. The van der Waals surface area contributed by atoms with Crippen molar-refractivity contribution < 1.29 is 14.3 Å². The van der Waals surface area contributed by atoms with Gasteiger partial charge in [0.25, 0.3) is 0 Å². The maximum atomic E-state index is 11.8. The molecule has 0 unspecified atom stereocenters. The summed E-state index contributed by atoms with van der Waals surface area (Å²) in [5.41, 5.74) is 0.891. The van der Waals surface area contributed by atoms with Crippen molar-refractivity contribution in [1.82, 2.24) is 0 Å². The van der Waals surface area contributed by atoms with Gasteiger partial charge in [0.2, 0.25) is 5.91 Å². The zero-order valence-electron chi connectivity index (χ0n) is 11.6. The number of hydrogen-bond donors (Lipinski definition) is 1. The molecule has 1 aromatic rings. The lowest BCUT2D eigenvalue weighted by Crippen LogP contribution is -2.14. The van der Waals surface area contributed by atoms with E-state index in [0.717, 1.165) is 25.7 Å². The van der Waals surface area contributed by atoms with Crippen LogP contribution in [0.2, 0.25) is 0 Å². The lowest BCUT2D eigenvalue weighted by molar-refractivity contribution is -0.116. The van der Waals surface area contributed by atoms with Crippen LogP contribution in [0.1, 0.15) is 49.4 Å². The number of esters is 1. The van der Waals surface area contributed by atoms with Crippen molar-refractivity contribution in [3.63, 3.8) is 0 Å². The molecule has 19 heavy (non-hydrogen) atoms. The number of carbonyl (C=O) groups excluding carboxylic acids is 2. The fourth-order valence-corrected chi connectivity index (χ4v) is 1.81. The van der Waals surface area contributed by atoms with E-state index in [0.29, 0.717) is 17.7 Å². The number of methoxy groups -OCH3 is 1. The second kappa shape index (κ2) is 8.29. The number of carbonyl (C=O) groups is 2. The minimum atomic E-state index is -0.443. The van der Waals surface area contributed by atoms with Crippen molar-refractivity contribution in [1.29, 1.82) is 0 Å². The third kappa shape index (κ3) is 5.12. The third-order valence-corrected chi connectivity index (χ3v) is 2.86. The zero-order chi connectivity index (χ0) is 14.1. The monoisotopic (exact) mass is 263 g/mol. The van der Waals surface area contributed by atoms with Gasteiger partial charge in [-0.2, -0.15) is 0 Å². The lowest BCUT2D eigenvalue weighted by atomic mass is 10.1. The molecular formula is C15H21NO3. The van der Waals surface area contributed by atoms with Crippen molar-refractivity contribution in [2.24, 2.45) is 0 Å². The average molecular weight is 263 g/mol. The molecule has 4 nitrogen and oxygen atoms in total. The molecule has 0 aromatic heterocycles. The molecule has 0 saturated heterocycles. The van der Waals surface area contributed by atoms with Gasteiger partial charge in [0.15, 0.2) is 0 Å². The summed E-state index contributed by atoms with van der Waals surface area (Å²) in [6.07, 6.45) is 4.71. The van der Waals surface area contributed by atoms with Crippen LogP contribution < -0.4 is 5.32 Å². The summed E-state index contributed by atoms with van der Waals surface area (Å²) >= 11 is 0. The van der Waals surface area contributed by atoms with E-state index in [9.17, 15) is 9.59 Å². The molecule has 0 aliphatic rings. The van der Waals surface area contributed by atoms with Gasteiger partial charge in [-0.1, -0.05) is 38.3 Å². The van der Waals surface area contributed by atoms with Gasteiger partial charge in [-0.3, -0.25) is 4.79 Å². The van der Waals surface area contributed by atoms with Crippen LogP contribution >= 0.6 is 0 Å². The fraction of sp³-hybridized carbons (Fsp3) is 0.467. The molecular weight excluding hydrogens is 242 g/mol. The highest BCUT2D eigenvalue weighted by atomic mass is 16.5. The molecule has 0 radical (unpaired) electrons. The predicted octanol–water partition coefficient (Wildman–Crippen LogP) is 3.38. The van der Waals surface area contributed by atoms with E-state index in [-0.39, 0.29) is 5.91 Å². The fourth-order valence-electron chi connectivity index (χ4n) is 1.81. The molecule has 1 aromatic carbocycles. The van der Waals surface area contributed by atoms with Gasteiger partial charge in [-0.15, -0.1) is 0 Å².